The lowest BCUT2D eigenvalue weighted by Gasteiger charge is -2.14. The molecule has 0 aliphatic heterocycles. The summed E-state index contributed by atoms with van der Waals surface area (Å²) in [6.07, 6.45) is 8.31. The van der Waals surface area contributed by atoms with Crippen molar-refractivity contribution in [3.63, 3.8) is 0 Å². The molecule has 0 unspecified atom stereocenters. The van der Waals surface area contributed by atoms with E-state index in [1.807, 2.05) is 18.2 Å². The minimum absolute atomic E-state index is 0.168. The van der Waals surface area contributed by atoms with Gasteiger partial charge in [0.05, 0.1) is 13.2 Å². The molecule has 1 rings (SSSR count). The van der Waals surface area contributed by atoms with Crippen LogP contribution in [0.25, 0.3) is 0 Å². The first-order chi connectivity index (χ1) is 9.80. The average Bonchev–Trinajstić information content (AvgIpc) is 2.49. The lowest BCUT2D eigenvalue weighted by atomic mass is 10.0. The van der Waals surface area contributed by atoms with E-state index in [0.29, 0.717) is 0 Å². The molecule has 0 aromatic heterocycles. The van der Waals surface area contributed by atoms with E-state index in [1.165, 1.54) is 44.1 Å². The number of unbranched alkanes of at least 4 members (excludes halogenated alkanes) is 5. The molecule has 3 nitrogen and oxygen atoms in total. The molecule has 0 amide bonds. The van der Waals surface area contributed by atoms with Crippen LogP contribution in [0.1, 0.15) is 51.0 Å². The summed E-state index contributed by atoms with van der Waals surface area (Å²) in [4.78, 5) is 0. The molecule has 0 saturated heterocycles. The molecule has 0 aliphatic rings. The summed E-state index contributed by atoms with van der Waals surface area (Å²) in [5.41, 5.74) is 1.26. The van der Waals surface area contributed by atoms with E-state index in [2.05, 4.69) is 13.0 Å². The van der Waals surface area contributed by atoms with Gasteiger partial charge in [-0.15, -0.1) is 0 Å². The zero-order chi connectivity index (χ0) is 14.6. The second kappa shape index (κ2) is 10.7. The van der Waals surface area contributed by atoms with Crippen LogP contribution in [-0.4, -0.2) is 29.5 Å². The van der Waals surface area contributed by atoms with Gasteiger partial charge in [-0.05, 0) is 30.5 Å². The summed E-state index contributed by atoms with van der Waals surface area (Å²) in [6.45, 7) is 1.90. The zero-order valence-corrected chi connectivity index (χ0v) is 12.6. The summed E-state index contributed by atoms with van der Waals surface area (Å²) in [7, 11) is 0. The normalized spacial score (nSPS) is 11.0. The summed E-state index contributed by atoms with van der Waals surface area (Å²) < 4.78 is 5.51. The Morgan fingerprint density at radius 1 is 1.00 bits per heavy atom. The summed E-state index contributed by atoms with van der Waals surface area (Å²) >= 11 is 0. The molecule has 0 spiro atoms. The minimum Gasteiger partial charge on any atom is -0.486 e. The summed E-state index contributed by atoms with van der Waals surface area (Å²) in [5, 5.41) is 18.0. The van der Waals surface area contributed by atoms with Crippen molar-refractivity contribution in [3.8, 4) is 5.75 Å². The SMILES string of the molecule is CCCCCCCCc1cccc(OC(CO)CO)c1. The molecule has 0 aliphatic carbocycles. The monoisotopic (exact) mass is 280 g/mol. The van der Waals surface area contributed by atoms with Gasteiger partial charge in [-0.1, -0.05) is 51.2 Å². The molecule has 1 aromatic rings. The van der Waals surface area contributed by atoms with E-state index in [9.17, 15) is 0 Å². The van der Waals surface area contributed by atoms with Crippen molar-refractivity contribution in [1.82, 2.24) is 0 Å². The van der Waals surface area contributed by atoms with Crippen molar-refractivity contribution < 1.29 is 14.9 Å². The largest absolute Gasteiger partial charge is 0.486 e. The molecule has 0 fully saturated rings. The smallest absolute Gasteiger partial charge is 0.145 e. The molecule has 0 saturated carbocycles. The minimum atomic E-state index is -0.528. The molecule has 1 aromatic carbocycles. The number of aliphatic hydroxyl groups is 2. The van der Waals surface area contributed by atoms with Crippen LogP contribution in [0.4, 0.5) is 0 Å². The topological polar surface area (TPSA) is 49.7 Å². The van der Waals surface area contributed by atoms with Crippen molar-refractivity contribution in [2.45, 2.75) is 58.0 Å². The first-order valence-corrected chi connectivity index (χ1v) is 7.77. The van der Waals surface area contributed by atoms with Crippen LogP contribution in [0.3, 0.4) is 0 Å². The number of benzene rings is 1. The first kappa shape index (κ1) is 17.0. The van der Waals surface area contributed by atoms with Crippen LogP contribution in [0, 0.1) is 0 Å². The molecule has 0 radical (unpaired) electrons. The highest BCUT2D eigenvalue weighted by atomic mass is 16.5. The fourth-order valence-electron chi connectivity index (χ4n) is 2.21. The molecule has 20 heavy (non-hydrogen) atoms. The van der Waals surface area contributed by atoms with Gasteiger partial charge in [0.1, 0.15) is 11.9 Å². The maximum absolute atomic E-state index is 9.02. The zero-order valence-electron chi connectivity index (χ0n) is 12.6. The van der Waals surface area contributed by atoms with E-state index in [0.717, 1.165) is 12.2 Å². The fourth-order valence-corrected chi connectivity index (χ4v) is 2.21. The van der Waals surface area contributed by atoms with Gasteiger partial charge >= 0.3 is 0 Å². The Hall–Kier alpha value is -1.06. The second-order valence-electron chi connectivity index (χ2n) is 5.27. The van der Waals surface area contributed by atoms with E-state index in [4.69, 9.17) is 14.9 Å². The highest BCUT2D eigenvalue weighted by Crippen LogP contribution is 2.17. The maximum Gasteiger partial charge on any atom is 0.145 e. The molecule has 0 bridgehead atoms. The summed E-state index contributed by atoms with van der Waals surface area (Å²) in [5.74, 6) is 0.724. The number of ether oxygens (including phenoxy) is 1. The van der Waals surface area contributed by atoms with Gasteiger partial charge in [0.2, 0.25) is 0 Å². The number of hydrogen-bond donors (Lipinski definition) is 2. The second-order valence-corrected chi connectivity index (χ2v) is 5.27. The molecule has 2 N–H and O–H groups in total. The van der Waals surface area contributed by atoms with Gasteiger partial charge in [-0.25, -0.2) is 0 Å². The third-order valence-electron chi connectivity index (χ3n) is 3.43. The Labute approximate surface area is 122 Å². The highest BCUT2D eigenvalue weighted by Gasteiger charge is 2.07. The lowest BCUT2D eigenvalue weighted by Crippen LogP contribution is -2.25. The van der Waals surface area contributed by atoms with Crippen molar-refractivity contribution in [3.05, 3.63) is 29.8 Å². The Morgan fingerprint density at radius 2 is 1.70 bits per heavy atom. The van der Waals surface area contributed by atoms with Crippen LogP contribution < -0.4 is 4.74 Å². The van der Waals surface area contributed by atoms with Crippen LogP contribution in [0.5, 0.6) is 5.75 Å². The number of hydrogen-bond acceptors (Lipinski definition) is 3. The Morgan fingerprint density at radius 3 is 2.40 bits per heavy atom. The van der Waals surface area contributed by atoms with Crippen LogP contribution in [0.2, 0.25) is 0 Å². The number of rotatable bonds is 11. The van der Waals surface area contributed by atoms with Crippen molar-refractivity contribution in [1.29, 1.82) is 0 Å². The first-order valence-electron chi connectivity index (χ1n) is 7.77. The van der Waals surface area contributed by atoms with Gasteiger partial charge in [-0.2, -0.15) is 0 Å². The van der Waals surface area contributed by atoms with E-state index in [-0.39, 0.29) is 13.2 Å². The van der Waals surface area contributed by atoms with E-state index < -0.39 is 6.10 Å². The Balaban J connectivity index is 2.32. The Bertz CT molecular complexity index is 348. The summed E-state index contributed by atoms with van der Waals surface area (Å²) in [6, 6.07) is 7.94. The van der Waals surface area contributed by atoms with E-state index in [1.54, 1.807) is 0 Å². The predicted octanol–water partition coefficient (Wildman–Crippen LogP) is 3.32. The molecule has 114 valence electrons. The Kier molecular flexibility index (Phi) is 9.09. The van der Waals surface area contributed by atoms with Gasteiger partial charge in [-0.3, -0.25) is 0 Å². The van der Waals surface area contributed by atoms with Crippen molar-refractivity contribution in [2.75, 3.05) is 13.2 Å². The highest BCUT2D eigenvalue weighted by molar-refractivity contribution is 5.28. The maximum atomic E-state index is 9.02. The number of aryl methyl sites for hydroxylation is 1. The lowest BCUT2D eigenvalue weighted by molar-refractivity contribution is 0.0629. The van der Waals surface area contributed by atoms with Gasteiger partial charge < -0.3 is 14.9 Å². The fraction of sp³-hybridized carbons (Fsp3) is 0.647. The molecule has 0 atom stereocenters. The van der Waals surface area contributed by atoms with Crippen LogP contribution in [0.15, 0.2) is 24.3 Å². The quantitative estimate of drug-likeness (QED) is 0.611. The van der Waals surface area contributed by atoms with E-state index >= 15 is 0 Å². The van der Waals surface area contributed by atoms with Crippen LogP contribution >= 0.6 is 0 Å². The standard InChI is InChI=1S/C17H28O3/c1-2-3-4-5-6-7-9-15-10-8-11-16(12-15)20-17(13-18)14-19/h8,10-12,17-19H,2-7,9,13-14H2,1H3. The van der Waals surface area contributed by atoms with Crippen molar-refractivity contribution in [2.24, 2.45) is 0 Å². The van der Waals surface area contributed by atoms with Gasteiger partial charge in [0.15, 0.2) is 0 Å². The average molecular weight is 280 g/mol. The molecular formula is C17H28O3. The van der Waals surface area contributed by atoms with Gasteiger partial charge in [0, 0.05) is 0 Å². The van der Waals surface area contributed by atoms with Crippen LogP contribution in [-0.2, 0) is 6.42 Å². The van der Waals surface area contributed by atoms with Gasteiger partial charge in [0.25, 0.3) is 0 Å². The third-order valence-corrected chi connectivity index (χ3v) is 3.43. The number of aliphatic hydroxyl groups excluding tert-OH is 2. The molecule has 3 heteroatoms. The third kappa shape index (κ3) is 6.92. The molecule has 0 heterocycles. The molecular weight excluding hydrogens is 252 g/mol. The predicted molar refractivity (Wildman–Crippen MR) is 82.1 cm³/mol. The van der Waals surface area contributed by atoms with Crippen molar-refractivity contribution >= 4 is 0 Å².